The van der Waals surface area contributed by atoms with Crippen molar-refractivity contribution >= 4 is 32.6 Å². The summed E-state index contributed by atoms with van der Waals surface area (Å²) in [6, 6.07) is 44.7. The van der Waals surface area contributed by atoms with E-state index in [1.54, 1.807) is 6.20 Å². The number of para-hydroxylation sites is 2. The van der Waals surface area contributed by atoms with Crippen LogP contribution in [0, 0.1) is 11.3 Å². The summed E-state index contributed by atoms with van der Waals surface area (Å²) in [6.45, 7) is 0. The lowest BCUT2D eigenvalue weighted by Gasteiger charge is -2.17. The van der Waals surface area contributed by atoms with E-state index in [0.29, 0.717) is 5.69 Å². The molecule has 0 spiro atoms. The van der Waals surface area contributed by atoms with Crippen LogP contribution < -0.4 is 0 Å². The van der Waals surface area contributed by atoms with E-state index in [9.17, 15) is 5.26 Å². The van der Waals surface area contributed by atoms with Gasteiger partial charge in [-0.1, -0.05) is 84.9 Å². The van der Waals surface area contributed by atoms with Crippen LogP contribution in [0.15, 0.2) is 128 Å². The summed E-state index contributed by atoms with van der Waals surface area (Å²) in [5.74, 6) is 0. The van der Waals surface area contributed by atoms with Crippen LogP contribution in [0.4, 0.5) is 0 Å². The predicted octanol–water partition coefficient (Wildman–Crippen LogP) is 8.54. The molecule has 0 aliphatic heterocycles. The smallest absolute Gasteiger partial charge is 0.148 e. The second-order valence-corrected chi connectivity index (χ2v) is 9.17. The largest absolute Gasteiger partial charge is 0.309 e. The van der Waals surface area contributed by atoms with Crippen molar-refractivity contribution in [2.75, 3.05) is 0 Å². The highest BCUT2D eigenvalue weighted by Gasteiger charge is 2.18. The highest BCUT2D eigenvalue weighted by atomic mass is 15.0. The van der Waals surface area contributed by atoms with E-state index in [-0.39, 0.29) is 0 Å². The van der Waals surface area contributed by atoms with Gasteiger partial charge in [0.15, 0.2) is 0 Å². The predicted molar refractivity (Wildman–Crippen MR) is 152 cm³/mol. The number of hydrogen-bond acceptors (Lipinski definition) is 2. The molecule has 0 amide bonds. The molecule has 0 saturated heterocycles. The van der Waals surface area contributed by atoms with Gasteiger partial charge in [-0.15, -0.1) is 0 Å². The van der Waals surface area contributed by atoms with Gasteiger partial charge in [-0.05, 0) is 58.3 Å². The average Bonchev–Trinajstić information content (AvgIpc) is 3.31. The van der Waals surface area contributed by atoms with Crippen LogP contribution in [-0.4, -0.2) is 9.55 Å². The van der Waals surface area contributed by atoms with Crippen LogP contribution in [-0.2, 0) is 0 Å². The van der Waals surface area contributed by atoms with Crippen molar-refractivity contribution in [1.82, 2.24) is 9.55 Å². The topological polar surface area (TPSA) is 41.6 Å². The molecule has 3 heteroatoms. The fourth-order valence-corrected chi connectivity index (χ4v) is 5.39. The van der Waals surface area contributed by atoms with Crippen molar-refractivity contribution < 1.29 is 0 Å². The van der Waals surface area contributed by atoms with Gasteiger partial charge in [0.25, 0.3) is 0 Å². The Hall–Kier alpha value is -5.20. The number of pyridine rings is 1. The van der Waals surface area contributed by atoms with Gasteiger partial charge in [-0.2, -0.15) is 5.26 Å². The second-order valence-electron chi connectivity index (χ2n) is 9.17. The quantitative estimate of drug-likeness (QED) is 0.259. The maximum atomic E-state index is 9.86. The summed E-state index contributed by atoms with van der Waals surface area (Å²) in [4.78, 5) is 4.37. The molecular weight excluding hydrogens is 450 g/mol. The van der Waals surface area contributed by atoms with Crippen molar-refractivity contribution in [2.45, 2.75) is 0 Å². The van der Waals surface area contributed by atoms with E-state index in [1.807, 2.05) is 12.1 Å². The Morgan fingerprint density at radius 2 is 1.22 bits per heavy atom. The number of rotatable bonds is 3. The lowest BCUT2D eigenvalue weighted by molar-refractivity contribution is 1.18. The summed E-state index contributed by atoms with van der Waals surface area (Å²) in [7, 11) is 0. The van der Waals surface area contributed by atoms with Crippen molar-refractivity contribution in [3.63, 3.8) is 0 Å². The molecule has 0 N–H and O–H groups in total. The minimum absolute atomic E-state index is 0.419. The minimum atomic E-state index is 0.419. The average molecular weight is 472 g/mol. The third-order valence-electron chi connectivity index (χ3n) is 7.11. The summed E-state index contributed by atoms with van der Waals surface area (Å²) in [5.41, 5.74) is 7.77. The van der Waals surface area contributed by atoms with Crippen molar-refractivity contribution in [3.8, 4) is 34.0 Å². The standard InChI is InChI=1S/C34H21N3/c35-22-31-27(12-7-19-36-31)30-18-17-26(25-16-15-23-8-1-2-9-24(23)20-25)21-34(30)37-32-13-5-3-10-28(32)29-11-4-6-14-33(29)37/h1-21H. The van der Waals surface area contributed by atoms with Crippen molar-refractivity contribution in [2.24, 2.45) is 0 Å². The Bertz CT molecular complexity index is 1950. The van der Waals surface area contributed by atoms with E-state index in [2.05, 4.69) is 125 Å². The van der Waals surface area contributed by atoms with Crippen LogP contribution in [0.5, 0.6) is 0 Å². The Morgan fingerprint density at radius 3 is 1.97 bits per heavy atom. The highest BCUT2D eigenvalue weighted by molar-refractivity contribution is 6.10. The Labute approximate surface area is 214 Å². The van der Waals surface area contributed by atoms with E-state index in [0.717, 1.165) is 39.0 Å². The van der Waals surface area contributed by atoms with E-state index >= 15 is 0 Å². The molecule has 2 heterocycles. The molecule has 0 fully saturated rings. The summed E-state index contributed by atoms with van der Waals surface area (Å²) in [6.07, 6.45) is 1.67. The third-order valence-corrected chi connectivity index (χ3v) is 7.11. The van der Waals surface area contributed by atoms with E-state index in [4.69, 9.17) is 0 Å². The van der Waals surface area contributed by atoms with Crippen LogP contribution in [0.1, 0.15) is 5.69 Å². The number of nitrogens with zero attached hydrogens (tertiary/aromatic N) is 3. The molecule has 3 nitrogen and oxygen atoms in total. The monoisotopic (exact) mass is 471 g/mol. The van der Waals surface area contributed by atoms with E-state index < -0.39 is 0 Å². The first-order chi connectivity index (χ1) is 18.3. The molecule has 172 valence electrons. The summed E-state index contributed by atoms with van der Waals surface area (Å²) < 4.78 is 2.32. The van der Waals surface area contributed by atoms with Gasteiger partial charge in [0.2, 0.25) is 0 Å². The van der Waals surface area contributed by atoms with Gasteiger partial charge in [0.05, 0.1) is 16.7 Å². The van der Waals surface area contributed by atoms with Crippen LogP contribution in [0.3, 0.4) is 0 Å². The molecule has 37 heavy (non-hydrogen) atoms. The zero-order chi connectivity index (χ0) is 24.8. The van der Waals surface area contributed by atoms with Crippen molar-refractivity contribution in [1.29, 1.82) is 5.26 Å². The molecule has 2 aromatic heterocycles. The lowest BCUT2D eigenvalue weighted by atomic mass is 9.96. The molecule has 0 aliphatic carbocycles. The van der Waals surface area contributed by atoms with Crippen LogP contribution in [0.25, 0.3) is 60.5 Å². The first-order valence-corrected chi connectivity index (χ1v) is 12.3. The Balaban J connectivity index is 1.57. The molecule has 0 aliphatic rings. The van der Waals surface area contributed by atoms with Gasteiger partial charge < -0.3 is 4.57 Å². The molecule has 7 aromatic rings. The fourth-order valence-electron chi connectivity index (χ4n) is 5.39. The molecule has 5 aromatic carbocycles. The number of benzene rings is 5. The molecule has 0 atom stereocenters. The zero-order valence-electron chi connectivity index (χ0n) is 20.0. The number of fused-ring (bicyclic) bond motifs is 4. The van der Waals surface area contributed by atoms with Gasteiger partial charge in [-0.25, -0.2) is 4.98 Å². The number of hydrogen-bond donors (Lipinski definition) is 0. The zero-order valence-corrected chi connectivity index (χ0v) is 20.0. The molecule has 0 radical (unpaired) electrons. The summed E-state index contributed by atoms with van der Waals surface area (Å²) >= 11 is 0. The first kappa shape index (κ1) is 21.1. The third kappa shape index (κ3) is 3.39. The number of nitriles is 1. The highest BCUT2D eigenvalue weighted by Crippen LogP contribution is 2.39. The minimum Gasteiger partial charge on any atom is -0.309 e. The van der Waals surface area contributed by atoms with Gasteiger partial charge in [-0.3, -0.25) is 0 Å². The van der Waals surface area contributed by atoms with E-state index in [1.165, 1.54) is 21.5 Å². The maximum absolute atomic E-state index is 9.86. The van der Waals surface area contributed by atoms with Crippen molar-refractivity contribution in [3.05, 3.63) is 133 Å². The molecular formula is C34H21N3. The fraction of sp³-hybridized carbons (Fsp3) is 0. The van der Waals surface area contributed by atoms with Gasteiger partial charge in [0, 0.05) is 28.1 Å². The SMILES string of the molecule is N#Cc1ncccc1-c1ccc(-c2ccc3ccccc3c2)cc1-n1c2ccccc2c2ccccc21. The van der Waals surface area contributed by atoms with Crippen LogP contribution >= 0.6 is 0 Å². The second kappa shape index (κ2) is 8.48. The molecule has 0 bridgehead atoms. The maximum Gasteiger partial charge on any atom is 0.148 e. The number of aromatic nitrogens is 2. The van der Waals surface area contributed by atoms with Crippen LogP contribution in [0.2, 0.25) is 0 Å². The first-order valence-electron chi connectivity index (χ1n) is 12.3. The summed E-state index contributed by atoms with van der Waals surface area (Å²) in [5, 5.41) is 14.7. The molecule has 0 unspecified atom stereocenters. The Morgan fingerprint density at radius 1 is 0.568 bits per heavy atom. The Kier molecular flexibility index (Phi) is 4.84. The molecule has 7 rings (SSSR count). The lowest BCUT2D eigenvalue weighted by Crippen LogP contribution is -2.00. The molecule has 0 saturated carbocycles. The van der Waals surface area contributed by atoms with Gasteiger partial charge >= 0.3 is 0 Å². The van der Waals surface area contributed by atoms with Gasteiger partial charge in [0.1, 0.15) is 11.8 Å². The normalized spacial score (nSPS) is 11.2.